The Morgan fingerprint density at radius 2 is 1.76 bits per heavy atom. The Bertz CT molecular complexity index is 1330. The molecule has 146 valence electrons. The van der Waals surface area contributed by atoms with Gasteiger partial charge in [-0.05, 0) is 55.0 Å². The standard InChI is InChI=1S/C20H16N4O4S/c1-13-6-11-16-17(12-13)22-20(21-16)14-7-9-15(10-8-14)23-29(27,28)19-5-3-2-4-18(19)24(25)26/h2-12,23H,1H3,(H,21,22). The molecule has 0 saturated carbocycles. The number of aryl methyl sites for hydroxylation is 1. The Labute approximate surface area is 166 Å². The third kappa shape index (κ3) is 3.67. The monoisotopic (exact) mass is 408 g/mol. The van der Waals surface area contributed by atoms with Crippen LogP contribution < -0.4 is 4.72 Å². The van der Waals surface area contributed by atoms with E-state index in [0.29, 0.717) is 11.5 Å². The average molecular weight is 408 g/mol. The van der Waals surface area contributed by atoms with Gasteiger partial charge in [-0.2, -0.15) is 0 Å². The quantitative estimate of drug-likeness (QED) is 0.378. The van der Waals surface area contributed by atoms with Gasteiger partial charge in [0.15, 0.2) is 4.90 Å². The highest BCUT2D eigenvalue weighted by Gasteiger charge is 2.25. The number of H-pyrrole nitrogens is 1. The molecule has 0 bridgehead atoms. The van der Waals surface area contributed by atoms with Gasteiger partial charge in [0.05, 0.1) is 16.0 Å². The van der Waals surface area contributed by atoms with E-state index >= 15 is 0 Å². The second-order valence-corrected chi connectivity index (χ2v) is 8.16. The summed E-state index contributed by atoms with van der Waals surface area (Å²) < 4.78 is 27.6. The van der Waals surface area contributed by atoms with Crippen molar-refractivity contribution in [2.75, 3.05) is 4.72 Å². The summed E-state index contributed by atoms with van der Waals surface area (Å²) in [5, 5.41) is 11.1. The molecule has 3 aromatic carbocycles. The first kappa shape index (κ1) is 18.6. The molecule has 1 aromatic heterocycles. The molecule has 0 saturated heterocycles. The normalized spacial score (nSPS) is 11.5. The fourth-order valence-corrected chi connectivity index (χ4v) is 4.23. The van der Waals surface area contributed by atoms with Gasteiger partial charge in [0, 0.05) is 17.3 Å². The van der Waals surface area contributed by atoms with E-state index < -0.39 is 20.6 Å². The molecule has 29 heavy (non-hydrogen) atoms. The lowest BCUT2D eigenvalue weighted by Gasteiger charge is -2.09. The van der Waals surface area contributed by atoms with Gasteiger partial charge in [0.2, 0.25) is 0 Å². The van der Waals surface area contributed by atoms with Crippen molar-refractivity contribution in [3.63, 3.8) is 0 Å². The molecule has 0 amide bonds. The van der Waals surface area contributed by atoms with E-state index in [4.69, 9.17) is 0 Å². The molecule has 0 aliphatic heterocycles. The van der Waals surface area contributed by atoms with Gasteiger partial charge in [0.1, 0.15) is 5.82 Å². The molecule has 0 unspecified atom stereocenters. The molecule has 0 aliphatic carbocycles. The Morgan fingerprint density at radius 1 is 1.03 bits per heavy atom. The molecule has 0 spiro atoms. The lowest BCUT2D eigenvalue weighted by molar-refractivity contribution is -0.387. The number of nitro groups is 1. The maximum Gasteiger partial charge on any atom is 0.289 e. The minimum atomic E-state index is -4.11. The third-order valence-electron chi connectivity index (χ3n) is 4.40. The number of imidazole rings is 1. The highest BCUT2D eigenvalue weighted by molar-refractivity contribution is 7.92. The van der Waals surface area contributed by atoms with Gasteiger partial charge in [-0.1, -0.05) is 18.2 Å². The van der Waals surface area contributed by atoms with Gasteiger partial charge in [-0.25, -0.2) is 13.4 Å². The second kappa shape index (κ2) is 7.02. The maximum absolute atomic E-state index is 12.6. The van der Waals surface area contributed by atoms with Gasteiger partial charge in [0.25, 0.3) is 15.7 Å². The van der Waals surface area contributed by atoms with Crippen LogP contribution in [0.2, 0.25) is 0 Å². The second-order valence-electron chi connectivity index (χ2n) is 6.51. The lowest BCUT2D eigenvalue weighted by Crippen LogP contribution is -2.14. The van der Waals surface area contributed by atoms with Crippen LogP contribution in [0.25, 0.3) is 22.4 Å². The molecular weight excluding hydrogens is 392 g/mol. The zero-order chi connectivity index (χ0) is 20.6. The topological polar surface area (TPSA) is 118 Å². The molecule has 4 aromatic rings. The number of hydrogen-bond acceptors (Lipinski definition) is 5. The number of fused-ring (bicyclic) bond motifs is 1. The van der Waals surface area contributed by atoms with Crippen LogP contribution in [0.4, 0.5) is 11.4 Å². The van der Waals surface area contributed by atoms with Crippen molar-refractivity contribution in [1.29, 1.82) is 0 Å². The highest BCUT2D eigenvalue weighted by Crippen LogP contribution is 2.27. The van der Waals surface area contributed by atoms with Gasteiger partial charge >= 0.3 is 0 Å². The number of anilines is 1. The Hall–Kier alpha value is -3.72. The summed E-state index contributed by atoms with van der Waals surface area (Å²) in [6, 6.07) is 17.7. The first-order valence-electron chi connectivity index (χ1n) is 8.66. The first-order valence-corrected chi connectivity index (χ1v) is 10.1. The summed E-state index contributed by atoms with van der Waals surface area (Å²) in [7, 11) is -4.11. The Morgan fingerprint density at radius 3 is 2.48 bits per heavy atom. The van der Waals surface area contributed by atoms with E-state index in [0.717, 1.165) is 28.2 Å². The fraction of sp³-hybridized carbons (Fsp3) is 0.0500. The van der Waals surface area contributed by atoms with Gasteiger partial charge in [-0.3, -0.25) is 14.8 Å². The average Bonchev–Trinajstić information content (AvgIpc) is 3.11. The SMILES string of the molecule is Cc1ccc2nc(-c3ccc(NS(=O)(=O)c4ccccc4[N+](=O)[O-])cc3)[nH]c2c1. The van der Waals surface area contributed by atoms with Crippen LogP contribution in [0.15, 0.2) is 71.6 Å². The van der Waals surface area contributed by atoms with E-state index in [1.165, 1.54) is 18.2 Å². The largest absolute Gasteiger partial charge is 0.338 e. The molecule has 0 aliphatic rings. The number of sulfonamides is 1. The van der Waals surface area contributed by atoms with Crippen LogP contribution in [0.3, 0.4) is 0 Å². The summed E-state index contributed by atoms with van der Waals surface area (Å²) in [6.45, 7) is 2.00. The summed E-state index contributed by atoms with van der Waals surface area (Å²) in [6.07, 6.45) is 0. The van der Waals surface area contributed by atoms with Crippen molar-refractivity contribution in [3.8, 4) is 11.4 Å². The molecule has 0 radical (unpaired) electrons. The smallest absolute Gasteiger partial charge is 0.289 e. The van der Waals surface area contributed by atoms with E-state index in [1.54, 1.807) is 24.3 Å². The molecule has 4 rings (SSSR count). The zero-order valence-electron chi connectivity index (χ0n) is 15.3. The molecule has 8 nitrogen and oxygen atoms in total. The predicted octanol–water partition coefficient (Wildman–Crippen LogP) is 4.25. The summed E-state index contributed by atoms with van der Waals surface area (Å²) in [4.78, 5) is 17.8. The zero-order valence-corrected chi connectivity index (χ0v) is 16.1. The predicted molar refractivity (Wildman–Crippen MR) is 110 cm³/mol. The number of para-hydroxylation sites is 1. The number of rotatable bonds is 5. The van der Waals surface area contributed by atoms with Crippen LogP contribution in [-0.2, 0) is 10.0 Å². The number of aromatic amines is 1. The minimum Gasteiger partial charge on any atom is -0.338 e. The highest BCUT2D eigenvalue weighted by atomic mass is 32.2. The molecular formula is C20H16N4O4S. The van der Waals surface area contributed by atoms with Crippen LogP contribution in [0, 0.1) is 17.0 Å². The third-order valence-corrected chi connectivity index (χ3v) is 5.83. The number of hydrogen-bond donors (Lipinski definition) is 2. The Kier molecular flexibility index (Phi) is 4.51. The van der Waals surface area contributed by atoms with Crippen LogP contribution in [0.5, 0.6) is 0 Å². The van der Waals surface area contributed by atoms with Crippen LogP contribution in [-0.4, -0.2) is 23.3 Å². The van der Waals surface area contributed by atoms with Gasteiger partial charge in [-0.15, -0.1) is 0 Å². The molecule has 2 N–H and O–H groups in total. The van der Waals surface area contributed by atoms with Crippen molar-refractivity contribution in [3.05, 3.63) is 82.4 Å². The summed E-state index contributed by atoms with van der Waals surface area (Å²) in [5.41, 5.74) is 3.47. The van der Waals surface area contributed by atoms with Crippen molar-refractivity contribution < 1.29 is 13.3 Å². The van der Waals surface area contributed by atoms with Crippen LogP contribution >= 0.6 is 0 Å². The summed E-state index contributed by atoms with van der Waals surface area (Å²) >= 11 is 0. The first-order chi connectivity index (χ1) is 13.8. The minimum absolute atomic E-state index is 0.291. The van der Waals surface area contributed by atoms with Crippen molar-refractivity contribution in [1.82, 2.24) is 9.97 Å². The van der Waals surface area contributed by atoms with Crippen molar-refractivity contribution >= 4 is 32.4 Å². The maximum atomic E-state index is 12.6. The van der Waals surface area contributed by atoms with Crippen molar-refractivity contribution in [2.45, 2.75) is 11.8 Å². The summed E-state index contributed by atoms with van der Waals surface area (Å²) in [5.74, 6) is 0.665. The van der Waals surface area contributed by atoms with E-state index in [2.05, 4.69) is 14.7 Å². The fourth-order valence-electron chi connectivity index (χ4n) is 3.00. The van der Waals surface area contributed by atoms with E-state index in [-0.39, 0.29) is 4.90 Å². The number of aromatic nitrogens is 2. The molecule has 0 fully saturated rings. The van der Waals surface area contributed by atoms with Crippen molar-refractivity contribution in [2.24, 2.45) is 0 Å². The number of benzene rings is 3. The lowest BCUT2D eigenvalue weighted by atomic mass is 10.2. The molecule has 9 heteroatoms. The van der Waals surface area contributed by atoms with Crippen LogP contribution in [0.1, 0.15) is 5.56 Å². The van der Waals surface area contributed by atoms with E-state index in [9.17, 15) is 18.5 Å². The number of nitrogens with zero attached hydrogens (tertiary/aromatic N) is 2. The molecule has 1 heterocycles. The van der Waals surface area contributed by atoms with E-state index in [1.807, 2.05) is 25.1 Å². The number of nitrogens with one attached hydrogen (secondary N) is 2. The Balaban J connectivity index is 1.62. The molecule has 0 atom stereocenters. The van der Waals surface area contributed by atoms with Gasteiger partial charge < -0.3 is 4.98 Å². The number of nitro benzene ring substituents is 1.